The van der Waals surface area contributed by atoms with E-state index in [4.69, 9.17) is 0 Å². The van der Waals surface area contributed by atoms with Gasteiger partial charge in [-0.1, -0.05) is 0 Å². The van der Waals surface area contributed by atoms with Crippen LogP contribution in [-0.2, 0) is 6.54 Å². The van der Waals surface area contributed by atoms with Crippen molar-refractivity contribution in [1.29, 1.82) is 0 Å². The number of thiazole rings is 1. The van der Waals surface area contributed by atoms with Crippen LogP contribution in [0.1, 0.15) is 31.4 Å². The smallest absolute Gasteiger partial charge is 0.0795 e. The summed E-state index contributed by atoms with van der Waals surface area (Å²) in [5, 5.41) is 8.98. The molecule has 2 rings (SSSR count). The first-order valence-corrected chi connectivity index (χ1v) is 7.18. The quantitative estimate of drug-likeness (QED) is 0.746. The Morgan fingerprint density at radius 3 is 3.06 bits per heavy atom. The molecule has 3 nitrogen and oxygen atoms in total. The van der Waals surface area contributed by atoms with Gasteiger partial charge < -0.3 is 10.6 Å². The number of aromatic nitrogens is 1. The van der Waals surface area contributed by atoms with Crippen molar-refractivity contribution in [1.82, 2.24) is 15.6 Å². The molecule has 1 fully saturated rings. The van der Waals surface area contributed by atoms with E-state index in [1.165, 1.54) is 44.5 Å². The molecule has 0 amide bonds. The minimum Gasteiger partial charge on any atom is -0.317 e. The van der Waals surface area contributed by atoms with Crippen LogP contribution in [0.15, 0.2) is 10.9 Å². The second-order valence-corrected chi connectivity index (χ2v) is 5.21. The lowest BCUT2D eigenvalue weighted by atomic mass is 9.93. The maximum Gasteiger partial charge on any atom is 0.0795 e. The molecule has 1 aliphatic rings. The highest BCUT2D eigenvalue weighted by Crippen LogP contribution is 2.17. The van der Waals surface area contributed by atoms with Crippen molar-refractivity contribution in [2.75, 3.05) is 19.6 Å². The molecule has 1 aliphatic heterocycles. The summed E-state index contributed by atoms with van der Waals surface area (Å²) < 4.78 is 0. The molecule has 4 heteroatoms. The third-order valence-corrected chi connectivity index (χ3v) is 3.85. The van der Waals surface area contributed by atoms with Crippen LogP contribution in [0.2, 0.25) is 0 Å². The Kier molecular flexibility index (Phi) is 5.25. The van der Waals surface area contributed by atoms with Crippen molar-refractivity contribution in [3.05, 3.63) is 16.6 Å². The normalized spacial score (nSPS) is 17.8. The fourth-order valence-electron chi connectivity index (χ4n) is 2.23. The van der Waals surface area contributed by atoms with Gasteiger partial charge in [0, 0.05) is 11.9 Å². The average Bonchev–Trinajstić information content (AvgIpc) is 2.83. The zero-order chi connectivity index (χ0) is 11.1. The molecule has 2 heterocycles. The van der Waals surface area contributed by atoms with Gasteiger partial charge in [0.1, 0.15) is 0 Å². The molecule has 0 unspecified atom stereocenters. The van der Waals surface area contributed by atoms with Gasteiger partial charge in [0.2, 0.25) is 0 Å². The standard InChI is InChI=1S/C12H21N3S/c1(2-11-3-6-13-7-4-11)5-14-8-12-9-16-10-15-12/h9-11,13-14H,1-8H2. The Hall–Kier alpha value is -0.450. The number of nitrogens with one attached hydrogen (secondary N) is 2. The van der Waals surface area contributed by atoms with Crippen LogP contribution < -0.4 is 10.6 Å². The maximum atomic E-state index is 4.25. The van der Waals surface area contributed by atoms with Crippen LogP contribution >= 0.6 is 11.3 Å². The Morgan fingerprint density at radius 2 is 2.31 bits per heavy atom. The van der Waals surface area contributed by atoms with Crippen molar-refractivity contribution in [3.8, 4) is 0 Å². The fourth-order valence-corrected chi connectivity index (χ4v) is 2.79. The molecule has 0 aromatic carbocycles. The fraction of sp³-hybridized carbons (Fsp3) is 0.750. The van der Waals surface area contributed by atoms with E-state index in [0.717, 1.165) is 19.0 Å². The largest absolute Gasteiger partial charge is 0.317 e. The molecule has 1 saturated heterocycles. The van der Waals surface area contributed by atoms with Crippen LogP contribution in [0.3, 0.4) is 0 Å². The highest BCUT2D eigenvalue weighted by Gasteiger charge is 2.11. The maximum absolute atomic E-state index is 4.25. The summed E-state index contributed by atoms with van der Waals surface area (Å²) in [4.78, 5) is 4.25. The van der Waals surface area contributed by atoms with Gasteiger partial charge >= 0.3 is 0 Å². The SMILES string of the molecule is c1nc(CNCCCC2CCNCC2)cs1. The lowest BCUT2D eigenvalue weighted by Gasteiger charge is -2.22. The lowest BCUT2D eigenvalue weighted by Crippen LogP contribution is -2.28. The highest BCUT2D eigenvalue weighted by atomic mass is 32.1. The molecule has 0 saturated carbocycles. The zero-order valence-electron chi connectivity index (χ0n) is 9.74. The summed E-state index contributed by atoms with van der Waals surface area (Å²) in [6.07, 6.45) is 5.42. The van der Waals surface area contributed by atoms with Crippen LogP contribution in [0.4, 0.5) is 0 Å². The predicted octanol–water partition coefficient (Wildman–Crippen LogP) is 2.01. The van der Waals surface area contributed by atoms with Gasteiger partial charge in [-0.15, -0.1) is 11.3 Å². The third-order valence-electron chi connectivity index (χ3n) is 3.21. The summed E-state index contributed by atoms with van der Waals surface area (Å²) >= 11 is 1.67. The molecule has 0 spiro atoms. The monoisotopic (exact) mass is 239 g/mol. The Bertz CT molecular complexity index is 268. The molecule has 2 N–H and O–H groups in total. The van der Waals surface area contributed by atoms with Gasteiger partial charge in [-0.2, -0.15) is 0 Å². The van der Waals surface area contributed by atoms with E-state index < -0.39 is 0 Å². The van der Waals surface area contributed by atoms with Crippen LogP contribution in [0.5, 0.6) is 0 Å². The number of rotatable bonds is 6. The third kappa shape index (κ3) is 4.20. The van der Waals surface area contributed by atoms with Crippen molar-refractivity contribution in [3.63, 3.8) is 0 Å². The second kappa shape index (κ2) is 6.99. The molecule has 0 atom stereocenters. The average molecular weight is 239 g/mol. The number of hydrogen-bond donors (Lipinski definition) is 2. The molecule has 1 aromatic rings. The Labute approximate surface area is 102 Å². The van der Waals surface area contributed by atoms with Crippen molar-refractivity contribution in [2.24, 2.45) is 5.92 Å². The van der Waals surface area contributed by atoms with Crippen molar-refractivity contribution >= 4 is 11.3 Å². The Morgan fingerprint density at radius 1 is 1.44 bits per heavy atom. The second-order valence-electron chi connectivity index (χ2n) is 4.49. The molecule has 0 bridgehead atoms. The van der Waals surface area contributed by atoms with Crippen LogP contribution in [-0.4, -0.2) is 24.6 Å². The van der Waals surface area contributed by atoms with Gasteiger partial charge in [0.05, 0.1) is 11.2 Å². The highest BCUT2D eigenvalue weighted by molar-refractivity contribution is 7.07. The first-order chi connectivity index (χ1) is 7.95. The molecular weight excluding hydrogens is 218 g/mol. The van der Waals surface area contributed by atoms with E-state index in [2.05, 4.69) is 21.0 Å². The summed E-state index contributed by atoms with van der Waals surface area (Å²) in [5.41, 5.74) is 3.07. The molecule has 16 heavy (non-hydrogen) atoms. The summed E-state index contributed by atoms with van der Waals surface area (Å²) in [7, 11) is 0. The number of hydrogen-bond acceptors (Lipinski definition) is 4. The molecule has 0 radical (unpaired) electrons. The van der Waals surface area contributed by atoms with E-state index in [9.17, 15) is 0 Å². The summed E-state index contributed by atoms with van der Waals surface area (Å²) in [5.74, 6) is 0.960. The summed E-state index contributed by atoms with van der Waals surface area (Å²) in [6, 6.07) is 0. The van der Waals surface area contributed by atoms with E-state index in [1.807, 2.05) is 5.51 Å². The molecule has 90 valence electrons. The van der Waals surface area contributed by atoms with Gasteiger partial charge in [0.15, 0.2) is 0 Å². The zero-order valence-corrected chi connectivity index (χ0v) is 10.6. The van der Waals surface area contributed by atoms with Gasteiger partial charge in [-0.05, 0) is 51.2 Å². The number of nitrogens with zero attached hydrogens (tertiary/aromatic N) is 1. The Balaban J connectivity index is 1.48. The predicted molar refractivity (Wildman–Crippen MR) is 68.6 cm³/mol. The molecule has 1 aromatic heterocycles. The van der Waals surface area contributed by atoms with Gasteiger partial charge in [0.25, 0.3) is 0 Å². The van der Waals surface area contributed by atoms with Crippen LogP contribution in [0.25, 0.3) is 0 Å². The van der Waals surface area contributed by atoms with Gasteiger partial charge in [-0.3, -0.25) is 0 Å². The first-order valence-electron chi connectivity index (χ1n) is 6.23. The van der Waals surface area contributed by atoms with E-state index >= 15 is 0 Å². The first kappa shape index (κ1) is 12.0. The van der Waals surface area contributed by atoms with E-state index in [1.54, 1.807) is 11.3 Å². The van der Waals surface area contributed by atoms with Crippen molar-refractivity contribution < 1.29 is 0 Å². The molecule has 0 aliphatic carbocycles. The topological polar surface area (TPSA) is 37.0 Å². The number of piperidine rings is 1. The van der Waals surface area contributed by atoms with Gasteiger partial charge in [-0.25, -0.2) is 4.98 Å². The lowest BCUT2D eigenvalue weighted by molar-refractivity contribution is 0.344. The molecular formula is C12H21N3S. The summed E-state index contributed by atoms with van der Waals surface area (Å²) in [6.45, 7) is 4.49. The minimum atomic E-state index is 0.926. The minimum absolute atomic E-state index is 0.926. The van der Waals surface area contributed by atoms with Crippen molar-refractivity contribution in [2.45, 2.75) is 32.2 Å². The van der Waals surface area contributed by atoms with E-state index in [0.29, 0.717) is 0 Å². The van der Waals surface area contributed by atoms with Crippen LogP contribution in [0, 0.1) is 5.92 Å². The van der Waals surface area contributed by atoms with E-state index in [-0.39, 0.29) is 0 Å².